The molecule has 0 spiro atoms. The van der Waals surface area contributed by atoms with Gasteiger partial charge in [0.25, 0.3) is 10.0 Å². The van der Waals surface area contributed by atoms with Gasteiger partial charge in [-0.2, -0.15) is 0 Å². The number of sulfonamides is 1. The van der Waals surface area contributed by atoms with Gasteiger partial charge in [-0.25, -0.2) is 8.42 Å². The highest BCUT2D eigenvalue weighted by Gasteiger charge is 2.40. The van der Waals surface area contributed by atoms with E-state index in [0.717, 1.165) is 5.39 Å². The van der Waals surface area contributed by atoms with Crippen LogP contribution >= 0.6 is 0 Å². The predicted molar refractivity (Wildman–Crippen MR) is 125 cm³/mol. The second-order valence-electron chi connectivity index (χ2n) is 7.54. The number of benzene rings is 4. The summed E-state index contributed by atoms with van der Waals surface area (Å²) in [7, 11) is -3.82. The maximum Gasteiger partial charge on any atom is 0.265 e. The Labute approximate surface area is 186 Å². The van der Waals surface area contributed by atoms with E-state index < -0.39 is 22.0 Å². The van der Waals surface area contributed by atoms with Crippen LogP contribution in [0.5, 0.6) is 11.5 Å². The Kier molecular flexibility index (Phi) is 4.83. The molecule has 5 rings (SSSR count). The molecule has 4 aromatic carbocycles. The number of hydrogen-bond donors (Lipinski definition) is 1. The third-order valence-electron chi connectivity index (χ3n) is 5.45. The summed E-state index contributed by atoms with van der Waals surface area (Å²) in [4.78, 5) is 13.2. The number of nitrogens with zero attached hydrogens (tertiary/aromatic N) is 1. The Hall–Kier alpha value is -3.84. The van der Waals surface area contributed by atoms with E-state index in [4.69, 9.17) is 4.74 Å². The normalized spacial score (nSPS) is 14.8. The number of anilines is 2. The van der Waals surface area contributed by atoms with Gasteiger partial charge in [-0.05, 0) is 60.8 Å². The molecule has 1 amide bonds. The first kappa shape index (κ1) is 20.1. The van der Waals surface area contributed by atoms with Gasteiger partial charge < -0.3 is 10.1 Å². The van der Waals surface area contributed by atoms with E-state index in [1.165, 1.54) is 4.31 Å². The zero-order valence-corrected chi connectivity index (χ0v) is 18.0. The minimum Gasteiger partial charge on any atom is -0.457 e. The van der Waals surface area contributed by atoms with Crippen LogP contribution in [0.25, 0.3) is 10.8 Å². The SMILES string of the molecule is C[C@H](C(=O)Nc1ccc(Oc2ccccc2)cc1)N1c2cccc3cccc(c23)S1(=O)=O. The summed E-state index contributed by atoms with van der Waals surface area (Å²) in [6.45, 7) is 1.59. The quantitative estimate of drug-likeness (QED) is 0.461. The lowest BCUT2D eigenvalue weighted by Crippen LogP contribution is -2.43. The first-order valence-corrected chi connectivity index (χ1v) is 11.6. The van der Waals surface area contributed by atoms with Gasteiger partial charge in [0, 0.05) is 11.1 Å². The monoisotopic (exact) mass is 444 g/mol. The lowest BCUT2D eigenvalue weighted by atomic mass is 10.1. The lowest BCUT2D eigenvalue weighted by molar-refractivity contribution is -0.116. The molecule has 32 heavy (non-hydrogen) atoms. The fourth-order valence-corrected chi connectivity index (χ4v) is 5.79. The smallest absolute Gasteiger partial charge is 0.265 e. The maximum atomic E-state index is 13.2. The fourth-order valence-electron chi connectivity index (χ4n) is 3.92. The van der Waals surface area contributed by atoms with Crippen LogP contribution in [0.15, 0.2) is 95.9 Å². The first-order valence-electron chi connectivity index (χ1n) is 10.2. The Morgan fingerprint density at radius 1 is 0.844 bits per heavy atom. The number of amides is 1. The minimum atomic E-state index is -3.82. The molecule has 1 aliphatic rings. The number of ether oxygens (including phenoxy) is 1. The van der Waals surface area contributed by atoms with Crippen LogP contribution in [-0.4, -0.2) is 20.4 Å². The third kappa shape index (κ3) is 3.36. The van der Waals surface area contributed by atoms with Crippen molar-refractivity contribution >= 4 is 38.1 Å². The van der Waals surface area contributed by atoms with E-state index in [1.807, 2.05) is 42.5 Å². The molecule has 1 heterocycles. The van der Waals surface area contributed by atoms with Crippen molar-refractivity contribution in [3.05, 3.63) is 91.0 Å². The number of carbonyl (C=O) groups excluding carboxylic acids is 1. The standard InChI is InChI=1S/C25H20N2O4S/c1-17(27-22-11-5-7-18-8-6-12-23(24(18)22)32(27,29)30)25(28)26-19-13-15-21(16-14-19)31-20-9-3-2-4-10-20/h2-17H,1H3,(H,26,28)/t17-/m1/s1. The van der Waals surface area contributed by atoms with Crippen molar-refractivity contribution in [1.29, 1.82) is 0 Å². The number of rotatable bonds is 5. The maximum absolute atomic E-state index is 13.2. The molecule has 0 radical (unpaired) electrons. The molecule has 0 fully saturated rings. The van der Waals surface area contributed by atoms with Crippen molar-refractivity contribution in [2.45, 2.75) is 17.9 Å². The van der Waals surface area contributed by atoms with Gasteiger partial charge in [0.05, 0.1) is 10.6 Å². The van der Waals surface area contributed by atoms with Crippen LogP contribution < -0.4 is 14.4 Å². The largest absolute Gasteiger partial charge is 0.457 e. The summed E-state index contributed by atoms with van der Waals surface area (Å²) < 4.78 is 33.4. The third-order valence-corrected chi connectivity index (χ3v) is 7.38. The van der Waals surface area contributed by atoms with Gasteiger partial charge in [-0.3, -0.25) is 9.10 Å². The van der Waals surface area contributed by atoms with Gasteiger partial charge >= 0.3 is 0 Å². The average molecular weight is 445 g/mol. The van der Waals surface area contributed by atoms with Gasteiger partial charge in [0.1, 0.15) is 17.5 Å². The van der Waals surface area contributed by atoms with E-state index in [2.05, 4.69) is 5.32 Å². The van der Waals surface area contributed by atoms with Crippen LogP contribution in [0.3, 0.4) is 0 Å². The highest BCUT2D eigenvalue weighted by molar-refractivity contribution is 7.93. The summed E-state index contributed by atoms with van der Waals surface area (Å²) in [5, 5.41) is 4.28. The summed E-state index contributed by atoms with van der Waals surface area (Å²) >= 11 is 0. The summed E-state index contributed by atoms with van der Waals surface area (Å²) in [6, 6.07) is 25.9. The molecule has 1 aliphatic heterocycles. The van der Waals surface area contributed by atoms with E-state index in [9.17, 15) is 13.2 Å². The Morgan fingerprint density at radius 2 is 1.50 bits per heavy atom. The zero-order valence-electron chi connectivity index (χ0n) is 17.2. The highest BCUT2D eigenvalue weighted by Crippen LogP contribution is 2.43. The average Bonchev–Trinajstić information content (AvgIpc) is 3.03. The Bertz CT molecular complexity index is 1410. The molecule has 6 nitrogen and oxygen atoms in total. The van der Waals surface area contributed by atoms with Crippen LogP contribution in [0.2, 0.25) is 0 Å². The topological polar surface area (TPSA) is 75.7 Å². The molecule has 4 aromatic rings. The number of carbonyl (C=O) groups is 1. The van der Waals surface area contributed by atoms with E-state index in [-0.39, 0.29) is 4.90 Å². The van der Waals surface area contributed by atoms with Crippen LogP contribution in [0.1, 0.15) is 6.92 Å². The highest BCUT2D eigenvalue weighted by atomic mass is 32.2. The number of hydrogen-bond acceptors (Lipinski definition) is 4. The second-order valence-corrected chi connectivity index (χ2v) is 9.32. The number of para-hydroxylation sites is 1. The molecule has 1 atom stereocenters. The molecule has 0 saturated heterocycles. The molecular weight excluding hydrogens is 424 g/mol. The van der Waals surface area contributed by atoms with Crippen LogP contribution in [0, 0.1) is 0 Å². The van der Waals surface area contributed by atoms with Gasteiger partial charge in [-0.15, -0.1) is 0 Å². The molecular formula is C25H20N2O4S. The van der Waals surface area contributed by atoms with Crippen LogP contribution in [-0.2, 0) is 14.8 Å². The van der Waals surface area contributed by atoms with Crippen molar-refractivity contribution in [3.63, 3.8) is 0 Å². The molecule has 1 N–H and O–H groups in total. The second kappa shape index (κ2) is 7.69. The molecule has 0 unspecified atom stereocenters. The van der Waals surface area contributed by atoms with Crippen molar-refractivity contribution in [3.8, 4) is 11.5 Å². The Balaban J connectivity index is 1.36. The van der Waals surface area contributed by atoms with Crippen LogP contribution in [0.4, 0.5) is 11.4 Å². The molecule has 160 valence electrons. The molecule has 0 aromatic heterocycles. The van der Waals surface area contributed by atoms with Gasteiger partial charge in [0.15, 0.2) is 0 Å². The van der Waals surface area contributed by atoms with Crippen molar-refractivity contribution < 1.29 is 17.9 Å². The molecule has 0 saturated carbocycles. The van der Waals surface area contributed by atoms with E-state index in [1.54, 1.807) is 55.5 Å². The lowest BCUT2D eigenvalue weighted by Gasteiger charge is -2.25. The Morgan fingerprint density at radius 3 is 2.22 bits per heavy atom. The summed E-state index contributed by atoms with van der Waals surface area (Å²) in [5.74, 6) is 0.924. The first-order chi connectivity index (χ1) is 15.4. The molecule has 7 heteroatoms. The predicted octanol–water partition coefficient (Wildman–Crippen LogP) is 5.17. The summed E-state index contributed by atoms with van der Waals surface area (Å²) in [5.41, 5.74) is 1.07. The number of nitrogens with one attached hydrogen (secondary N) is 1. The van der Waals surface area contributed by atoms with Crippen molar-refractivity contribution in [2.24, 2.45) is 0 Å². The van der Waals surface area contributed by atoms with E-state index in [0.29, 0.717) is 28.3 Å². The van der Waals surface area contributed by atoms with Gasteiger partial charge in [-0.1, -0.05) is 42.5 Å². The molecule has 0 bridgehead atoms. The molecule has 0 aliphatic carbocycles. The van der Waals surface area contributed by atoms with Gasteiger partial charge in [0.2, 0.25) is 5.91 Å². The fraction of sp³-hybridized carbons (Fsp3) is 0.0800. The zero-order chi connectivity index (χ0) is 22.3. The summed E-state index contributed by atoms with van der Waals surface area (Å²) in [6.07, 6.45) is 0. The van der Waals surface area contributed by atoms with Crippen molar-refractivity contribution in [2.75, 3.05) is 9.62 Å². The van der Waals surface area contributed by atoms with E-state index >= 15 is 0 Å². The minimum absolute atomic E-state index is 0.229. The van der Waals surface area contributed by atoms with Crippen molar-refractivity contribution in [1.82, 2.24) is 0 Å².